The fourth-order valence-electron chi connectivity index (χ4n) is 1.23. The first kappa shape index (κ1) is 11.7. The molecular formula is C11H12BrClO. The second-order valence-corrected chi connectivity index (χ2v) is 4.99. The number of hydrogen-bond donors (Lipinski definition) is 0. The van der Waals surface area contributed by atoms with E-state index in [2.05, 4.69) is 15.9 Å². The number of Topliss-reactive ketones (excluding diaryl/α,β-unsaturated/α-hetero) is 1. The molecule has 0 saturated carbocycles. The molecule has 1 aromatic rings. The zero-order valence-electron chi connectivity index (χ0n) is 8.18. The highest BCUT2D eigenvalue weighted by atomic mass is 79.9. The Morgan fingerprint density at radius 3 is 2.64 bits per heavy atom. The van der Waals surface area contributed by atoms with Crippen molar-refractivity contribution in [2.24, 2.45) is 0 Å². The fourth-order valence-corrected chi connectivity index (χ4v) is 1.75. The molecule has 0 aliphatic rings. The monoisotopic (exact) mass is 274 g/mol. The number of rotatable bonds is 3. The lowest BCUT2D eigenvalue weighted by Gasteiger charge is -2.05. The van der Waals surface area contributed by atoms with Crippen LogP contribution in [0.5, 0.6) is 0 Å². The van der Waals surface area contributed by atoms with Gasteiger partial charge in [0.15, 0.2) is 5.78 Å². The highest BCUT2D eigenvalue weighted by molar-refractivity contribution is 9.10. The van der Waals surface area contributed by atoms with Crippen LogP contribution in [-0.4, -0.2) is 10.6 Å². The van der Waals surface area contributed by atoms with Gasteiger partial charge in [0, 0.05) is 10.6 Å². The van der Waals surface area contributed by atoms with Gasteiger partial charge in [0.05, 0.1) is 4.83 Å². The summed E-state index contributed by atoms with van der Waals surface area (Å²) >= 11 is 9.16. The summed E-state index contributed by atoms with van der Waals surface area (Å²) in [5.74, 6) is 0.0715. The average Bonchev–Trinajstić information content (AvgIpc) is 2.15. The molecule has 14 heavy (non-hydrogen) atoms. The Kier molecular flexibility index (Phi) is 4.14. The Morgan fingerprint density at radius 1 is 1.50 bits per heavy atom. The number of carbonyl (C=O) groups is 1. The van der Waals surface area contributed by atoms with Crippen LogP contribution >= 0.6 is 27.5 Å². The molecule has 1 nitrogen and oxygen atoms in total. The molecular weight excluding hydrogens is 263 g/mol. The molecule has 0 aliphatic heterocycles. The van der Waals surface area contributed by atoms with Crippen LogP contribution in [0.1, 0.15) is 29.8 Å². The third-order valence-corrected chi connectivity index (χ3v) is 2.65. The number of hydrogen-bond acceptors (Lipinski definition) is 1. The van der Waals surface area contributed by atoms with E-state index in [4.69, 9.17) is 11.6 Å². The van der Waals surface area contributed by atoms with E-state index < -0.39 is 0 Å². The van der Waals surface area contributed by atoms with Crippen LogP contribution in [0.25, 0.3) is 0 Å². The summed E-state index contributed by atoms with van der Waals surface area (Å²) in [6, 6.07) is 5.49. The van der Waals surface area contributed by atoms with Crippen molar-refractivity contribution in [2.75, 3.05) is 0 Å². The van der Waals surface area contributed by atoms with Gasteiger partial charge in [0.25, 0.3) is 0 Å². The fraction of sp³-hybridized carbons (Fsp3) is 0.364. The molecule has 0 radical (unpaired) electrons. The molecule has 0 N–H and O–H groups in total. The van der Waals surface area contributed by atoms with Gasteiger partial charge in [-0.3, -0.25) is 4.79 Å². The van der Waals surface area contributed by atoms with Crippen LogP contribution < -0.4 is 0 Å². The van der Waals surface area contributed by atoms with Crippen molar-refractivity contribution in [2.45, 2.75) is 25.1 Å². The van der Waals surface area contributed by atoms with E-state index >= 15 is 0 Å². The van der Waals surface area contributed by atoms with E-state index in [0.717, 1.165) is 12.0 Å². The standard InChI is InChI=1S/C11H12BrClO/c1-3-8-4-9(6-10(13)5-8)11(14)7(2)12/h4-7H,3H2,1-2H3. The minimum atomic E-state index is -0.161. The molecule has 0 bridgehead atoms. The van der Waals surface area contributed by atoms with E-state index in [0.29, 0.717) is 10.6 Å². The van der Waals surface area contributed by atoms with Crippen molar-refractivity contribution >= 4 is 33.3 Å². The van der Waals surface area contributed by atoms with Gasteiger partial charge >= 0.3 is 0 Å². The summed E-state index contributed by atoms with van der Waals surface area (Å²) in [5.41, 5.74) is 1.77. The lowest BCUT2D eigenvalue weighted by molar-refractivity contribution is 0.0996. The predicted octanol–water partition coefficient (Wildman–Crippen LogP) is 3.87. The second kappa shape index (κ2) is 4.94. The van der Waals surface area contributed by atoms with E-state index in [1.807, 2.05) is 26.0 Å². The van der Waals surface area contributed by atoms with Crippen molar-refractivity contribution in [1.29, 1.82) is 0 Å². The first-order chi connectivity index (χ1) is 6.54. The zero-order valence-corrected chi connectivity index (χ0v) is 10.5. The number of alkyl halides is 1. The van der Waals surface area contributed by atoms with Gasteiger partial charge in [-0.2, -0.15) is 0 Å². The third-order valence-electron chi connectivity index (χ3n) is 2.01. The molecule has 0 heterocycles. The van der Waals surface area contributed by atoms with Gasteiger partial charge in [-0.05, 0) is 37.1 Å². The third kappa shape index (κ3) is 2.82. The van der Waals surface area contributed by atoms with Crippen LogP contribution in [0, 0.1) is 0 Å². The van der Waals surface area contributed by atoms with Gasteiger partial charge in [-0.1, -0.05) is 34.5 Å². The highest BCUT2D eigenvalue weighted by Crippen LogP contribution is 2.18. The minimum Gasteiger partial charge on any atom is -0.293 e. The number of benzene rings is 1. The SMILES string of the molecule is CCc1cc(Cl)cc(C(=O)C(C)Br)c1. The van der Waals surface area contributed by atoms with Crippen molar-refractivity contribution in [1.82, 2.24) is 0 Å². The maximum Gasteiger partial charge on any atom is 0.176 e. The molecule has 0 aliphatic carbocycles. The summed E-state index contributed by atoms with van der Waals surface area (Å²) in [7, 11) is 0. The van der Waals surface area contributed by atoms with Gasteiger partial charge in [-0.25, -0.2) is 0 Å². The van der Waals surface area contributed by atoms with Gasteiger partial charge < -0.3 is 0 Å². The smallest absolute Gasteiger partial charge is 0.176 e. The summed E-state index contributed by atoms with van der Waals surface area (Å²) < 4.78 is 0. The Bertz CT molecular complexity index is 347. The largest absolute Gasteiger partial charge is 0.293 e. The van der Waals surface area contributed by atoms with Gasteiger partial charge in [0.1, 0.15) is 0 Å². The number of ketones is 1. The average molecular weight is 276 g/mol. The van der Waals surface area contributed by atoms with E-state index in [-0.39, 0.29) is 10.6 Å². The maximum atomic E-state index is 11.7. The minimum absolute atomic E-state index is 0.0715. The molecule has 0 fully saturated rings. The Labute approximate surface area is 97.6 Å². The van der Waals surface area contributed by atoms with Crippen LogP contribution in [0.4, 0.5) is 0 Å². The second-order valence-electron chi connectivity index (χ2n) is 3.18. The summed E-state index contributed by atoms with van der Waals surface area (Å²) in [4.78, 5) is 11.5. The van der Waals surface area contributed by atoms with Crippen LogP contribution in [0.3, 0.4) is 0 Å². The van der Waals surface area contributed by atoms with Crippen molar-refractivity contribution < 1.29 is 4.79 Å². The van der Waals surface area contributed by atoms with Gasteiger partial charge in [-0.15, -0.1) is 0 Å². The molecule has 0 aromatic heterocycles. The lowest BCUT2D eigenvalue weighted by atomic mass is 10.0. The molecule has 1 unspecified atom stereocenters. The molecule has 1 atom stereocenters. The van der Waals surface area contributed by atoms with Crippen LogP contribution in [-0.2, 0) is 6.42 Å². The highest BCUT2D eigenvalue weighted by Gasteiger charge is 2.12. The summed E-state index contributed by atoms with van der Waals surface area (Å²) in [6.07, 6.45) is 0.886. The molecule has 76 valence electrons. The first-order valence-electron chi connectivity index (χ1n) is 4.52. The van der Waals surface area contributed by atoms with Crippen LogP contribution in [0.15, 0.2) is 18.2 Å². The topological polar surface area (TPSA) is 17.1 Å². The molecule has 1 aromatic carbocycles. The molecule has 1 rings (SSSR count). The van der Waals surface area contributed by atoms with Crippen molar-refractivity contribution in [3.05, 3.63) is 34.3 Å². The summed E-state index contributed by atoms with van der Waals surface area (Å²) in [6.45, 7) is 3.85. The molecule has 0 saturated heterocycles. The molecule has 0 amide bonds. The first-order valence-corrected chi connectivity index (χ1v) is 5.81. The van der Waals surface area contributed by atoms with E-state index in [9.17, 15) is 4.79 Å². The number of aryl methyl sites for hydroxylation is 1. The zero-order chi connectivity index (χ0) is 10.7. The number of carbonyl (C=O) groups excluding carboxylic acids is 1. The quantitative estimate of drug-likeness (QED) is 0.604. The Morgan fingerprint density at radius 2 is 2.14 bits per heavy atom. The van der Waals surface area contributed by atoms with Crippen LogP contribution in [0.2, 0.25) is 5.02 Å². The predicted molar refractivity (Wildman–Crippen MR) is 63.5 cm³/mol. The summed E-state index contributed by atoms with van der Waals surface area (Å²) in [5, 5.41) is 0.626. The Balaban J connectivity index is 3.09. The number of halogens is 2. The molecule has 3 heteroatoms. The van der Waals surface area contributed by atoms with Crippen molar-refractivity contribution in [3.63, 3.8) is 0 Å². The van der Waals surface area contributed by atoms with Crippen molar-refractivity contribution in [3.8, 4) is 0 Å². The van der Waals surface area contributed by atoms with E-state index in [1.54, 1.807) is 6.07 Å². The Hall–Kier alpha value is -0.340. The lowest BCUT2D eigenvalue weighted by Crippen LogP contribution is -2.10. The van der Waals surface area contributed by atoms with E-state index in [1.165, 1.54) is 0 Å². The maximum absolute atomic E-state index is 11.7. The normalized spacial score (nSPS) is 12.6. The molecule has 0 spiro atoms. The van der Waals surface area contributed by atoms with Gasteiger partial charge in [0.2, 0.25) is 0 Å².